The van der Waals surface area contributed by atoms with Gasteiger partial charge in [-0.15, -0.1) is 0 Å². The summed E-state index contributed by atoms with van der Waals surface area (Å²) in [5, 5.41) is 1.21. The van der Waals surface area contributed by atoms with Gasteiger partial charge in [0.2, 0.25) is 10.0 Å². The first kappa shape index (κ1) is 24.0. The molecular weight excluding hydrogens is 479 g/mol. The van der Waals surface area contributed by atoms with Crippen LogP contribution in [0.2, 0.25) is 10.0 Å². The van der Waals surface area contributed by atoms with Crippen molar-refractivity contribution in [1.29, 1.82) is 0 Å². The van der Waals surface area contributed by atoms with Crippen molar-refractivity contribution in [3.63, 3.8) is 0 Å². The van der Waals surface area contributed by atoms with E-state index in [1.165, 1.54) is 4.31 Å². The molecule has 1 fully saturated rings. The number of hydrogen-bond acceptors (Lipinski definition) is 5. The number of halogens is 2. The molecule has 174 valence electrons. The minimum atomic E-state index is -3.57. The van der Waals surface area contributed by atoms with Gasteiger partial charge in [0, 0.05) is 53.9 Å². The fourth-order valence-electron chi connectivity index (χ4n) is 4.07. The molecule has 0 aliphatic carbocycles. The predicted molar refractivity (Wildman–Crippen MR) is 133 cm³/mol. The topological polar surface area (TPSA) is 66.4 Å². The molecule has 0 atom stereocenters. The van der Waals surface area contributed by atoms with E-state index in [9.17, 15) is 8.42 Å². The Morgan fingerprint density at radius 3 is 2.03 bits per heavy atom. The number of nitrogens with zero attached hydrogens (tertiary/aromatic N) is 4. The third-order valence-electron chi connectivity index (χ3n) is 5.80. The molecule has 0 N–H and O–H groups in total. The normalized spacial score (nSPS) is 15.1. The van der Waals surface area contributed by atoms with Gasteiger partial charge < -0.3 is 4.90 Å². The van der Waals surface area contributed by atoms with Crippen LogP contribution >= 0.6 is 23.2 Å². The largest absolute Gasteiger partial charge is 0.354 e. The number of hydrogen-bond donors (Lipinski definition) is 0. The van der Waals surface area contributed by atoms with Crippen LogP contribution in [0.15, 0.2) is 53.4 Å². The maximum atomic E-state index is 13.1. The molecule has 2 heterocycles. The second kappa shape index (κ2) is 9.97. The van der Waals surface area contributed by atoms with Gasteiger partial charge in [0.15, 0.2) is 0 Å². The van der Waals surface area contributed by atoms with Gasteiger partial charge in [-0.2, -0.15) is 4.31 Å². The fourth-order valence-corrected chi connectivity index (χ4v) is 5.75. The summed E-state index contributed by atoms with van der Waals surface area (Å²) in [7, 11) is -3.57. The van der Waals surface area contributed by atoms with Crippen LogP contribution in [0.25, 0.3) is 0 Å². The summed E-state index contributed by atoms with van der Waals surface area (Å²) in [6.07, 6.45) is 1.49. The number of aromatic nitrogens is 2. The lowest BCUT2D eigenvalue weighted by Gasteiger charge is -2.36. The molecule has 0 unspecified atom stereocenters. The zero-order valence-electron chi connectivity index (χ0n) is 18.6. The fraction of sp³-hybridized carbons (Fsp3) is 0.333. The molecule has 1 aromatic heterocycles. The van der Waals surface area contributed by atoms with Crippen LogP contribution in [0.4, 0.5) is 5.82 Å². The van der Waals surface area contributed by atoms with E-state index in [4.69, 9.17) is 28.2 Å². The van der Waals surface area contributed by atoms with Crippen LogP contribution in [-0.4, -0.2) is 48.9 Å². The zero-order chi connectivity index (χ0) is 23.6. The minimum Gasteiger partial charge on any atom is -0.354 e. The standard InChI is InChI=1S/C24H26Cl2N4O2S/c1-3-23-22(16-18-4-6-19(25)7-5-18)24(28-17(2)27-23)29-12-14-30(15-13-29)33(31,32)21-10-8-20(26)9-11-21/h4-11H,3,12-16H2,1-2H3. The second-order valence-electron chi connectivity index (χ2n) is 8.02. The molecule has 2 aromatic carbocycles. The molecule has 33 heavy (non-hydrogen) atoms. The van der Waals surface area contributed by atoms with E-state index in [2.05, 4.69) is 16.8 Å². The Hall–Kier alpha value is -2.19. The van der Waals surface area contributed by atoms with Crippen molar-refractivity contribution < 1.29 is 8.42 Å². The molecule has 0 bridgehead atoms. The van der Waals surface area contributed by atoms with Crippen LogP contribution in [0.5, 0.6) is 0 Å². The zero-order valence-corrected chi connectivity index (χ0v) is 21.0. The summed E-state index contributed by atoms with van der Waals surface area (Å²) in [5.41, 5.74) is 3.23. The van der Waals surface area contributed by atoms with Gasteiger partial charge in [-0.1, -0.05) is 42.3 Å². The Morgan fingerprint density at radius 2 is 1.45 bits per heavy atom. The lowest BCUT2D eigenvalue weighted by Crippen LogP contribution is -2.49. The molecule has 0 amide bonds. The van der Waals surface area contributed by atoms with Crippen molar-refractivity contribution >= 4 is 39.0 Å². The van der Waals surface area contributed by atoms with E-state index in [0.717, 1.165) is 34.9 Å². The van der Waals surface area contributed by atoms with E-state index in [1.807, 2.05) is 31.2 Å². The lowest BCUT2D eigenvalue weighted by molar-refractivity contribution is 0.383. The van der Waals surface area contributed by atoms with Crippen LogP contribution in [-0.2, 0) is 22.9 Å². The number of benzene rings is 2. The van der Waals surface area contributed by atoms with E-state index in [1.54, 1.807) is 24.3 Å². The molecular formula is C24H26Cl2N4O2S. The predicted octanol–water partition coefficient (Wildman–Crippen LogP) is 4.76. The minimum absolute atomic E-state index is 0.259. The second-order valence-corrected chi connectivity index (χ2v) is 10.8. The van der Waals surface area contributed by atoms with E-state index >= 15 is 0 Å². The third kappa shape index (κ3) is 5.32. The first-order valence-electron chi connectivity index (χ1n) is 10.9. The Bertz CT molecular complexity index is 1220. The van der Waals surface area contributed by atoms with Crippen molar-refractivity contribution in [2.75, 3.05) is 31.1 Å². The van der Waals surface area contributed by atoms with E-state index in [-0.39, 0.29) is 4.90 Å². The molecule has 1 aliphatic heterocycles. The average Bonchev–Trinajstić information content (AvgIpc) is 2.81. The number of piperazine rings is 1. The Labute approximate surface area is 205 Å². The Kier molecular flexibility index (Phi) is 7.24. The highest BCUT2D eigenvalue weighted by Gasteiger charge is 2.30. The van der Waals surface area contributed by atoms with E-state index in [0.29, 0.717) is 42.6 Å². The van der Waals surface area contributed by atoms with Crippen molar-refractivity contribution in [2.24, 2.45) is 0 Å². The highest BCUT2D eigenvalue weighted by molar-refractivity contribution is 7.89. The Balaban J connectivity index is 1.58. The third-order valence-corrected chi connectivity index (χ3v) is 8.22. The Morgan fingerprint density at radius 1 is 0.879 bits per heavy atom. The van der Waals surface area contributed by atoms with Gasteiger partial charge in [0.1, 0.15) is 11.6 Å². The van der Waals surface area contributed by atoms with Gasteiger partial charge >= 0.3 is 0 Å². The summed E-state index contributed by atoms with van der Waals surface area (Å²) in [6.45, 7) is 5.87. The molecule has 3 aromatic rings. The number of aryl methyl sites for hydroxylation is 2. The summed E-state index contributed by atoms with van der Waals surface area (Å²) in [5.74, 6) is 1.61. The van der Waals surface area contributed by atoms with Crippen molar-refractivity contribution in [2.45, 2.75) is 31.6 Å². The smallest absolute Gasteiger partial charge is 0.243 e. The molecule has 4 rings (SSSR count). The van der Waals surface area contributed by atoms with Gasteiger partial charge in [-0.3, -0.25) is 0 Å². The van der Waals surface area contributed by atoms with Gasteiger partial charge in [-0.05, 0) is 55.3 Å². The SMILES string of the molecule is CCc1nc(C)nc(N2CCN(S(=O)(=O)c3ccc(Cl)cc3)CC2)c1Cc1ccc(Cl)cc1. The van der Waals surface area contributed by atoms with Crippen LogP contribution in [0.3, 0.4) is 0 Å². The summed E-state index contributed by atoms with van der Waals surface area (Å²) < 4.78 is 27.6. The number of anilines is 1. The maximum absolute atomic E-state index is 13.1. The van der Waals surface area contributed by atoms with Crippen LogP contribution in [0.1, 0.15) is 29.6 Å². The van der Waals surface area contributed by atoms with E-state index < -0.39 is 10.0 Å². The lowest BCUT2D eigenvalue weighted by atomic mass is 10.0. The summed E-state index contributed by atoms with van der Waals surface area (Å²) >= 11 is 12.0. The molecule has 1 saturated heterocycles. The number of rotatable bonds is 6. The molecule has 0 spiro atoms. The van der Waals surface area contributed by atoms with Crippen molar-refractivity contribution in [1.82, 2.24) is 14.3 Å². The van der Waals surface area contributed by atoms with Crippen molar-refractivity contribution in [3.05, 3.63) is 81.2 Å². The molecule has 6 nitrogen and oxygen atoms in total. The summed E-state index contributed by atoms with van der Waals surface area (Å²) in [6, 6.07) is 14.1. The molecule has 1 aliphatic rings. The monoisotopic (exact) mass is 504 g/mol. The molecule has 0 saturated carbocycles. The van der Waals surface area contributed by atoms with Gasteiger partial charge in [0.25, 0.3) is 0 Å². The maximum Gasteiger partial charge on any atom is 0.243 e. The van der Waals surface area contributed by atoms with Crippen molar-refractivity contribution in [3.8, 4) is 0 Å². The molecule has 0 radical (unpaired) electrons. The van der Waals surface area contributed by atoms with Crippen LogP contribution in [0, 0.1) is 6.92 Å². The summed E-state index contributed by atoms with van der Waals surface area (Å²) in [4.78, 5) is 11.9. The van der Waals surface area contributed by atoms with Gasteiger partial charge in [-0.25, -0.2) is 18.4 Å². The van der Waals surface area contributed by atoms with Gasteiger partial charge in [0.05, 0.1) is 4.90 Å². The first-order valence-corrected chi connectivity index (χ1v) is 13.1. The highest BCUT2D eigenvalue weighted by atomic mass is 35.5. The quantitative estimate of drug-likeness (QED) is 0.484. The average molecular weight is 505 g/mol. The molecule has 9 heteroatoms. The first-order chi connectivity index (χ1) is 15.8. The van der Waals surface area contributed by atoms with Crippen LogP contribution < -0.4 is 4.90 Å². The highest BCUT2D eigenvalue weighted by Crippen LogP contribution is 2.28. The number of sulfonamides is 1.